The highest BCUT2D eigenvalue weighted by Gasteiger charge is 2.14. The topological polar surface area (TPSA) is 21.3 Å². The first kappa shape index (κ1) is 10.7. The van der Waals surface area contributed by atoms with Crippen molar-refractivity contribution < 1.29 is 4.74 Å². The second-order valence-electron chi connectivity index (χ2n) is 3.85. The second kappa shape index (κ2) is 6.17. The first-order chi connectivity index (χ1) is 6.33. The fourth-order valence-electron chi connectivity index (χ4n) is 1.73. The Bertz CT molecular complexity index is 141. The van der Waals surface area contributed by atoms with Gasteiger partial charge >= 0.3 is 0 Å². The minimum Gasteiger partial charge on any atom is -0.380 e. The van der Waals surface area contributed by atoms with E-state index < -0.39 is 0 Å². The molecule has 0 saturated carbocycles. The molecule has 1 saturated heterocycles. The van der Waals surface area contributed by atoms with E-state index in [-0.39, 0.29) is 0 Å². The molecule has 0 aromatic heterocycles. The van der Waals surface area contributed by atoms with E-state index in [1.54, 1.807) is 0 Å². The summed E-state index contributed by atoms with van der Waals surface area (Å²) < 4.78 is 5.40. The standard InChI is InChI=1S/C11H21NO/c1-3-4-6-10(2)12-11-7-5-8-13-9-11/h3,10-12H,1,4-9H2,2H3. The van der Waals surface area contributed by atoms with Gasteiger partial charge in [-0.15, -0.1) is 6.58 Å². The number of ether oxygens (including phenoxy) is 1. The number of allylic oxidation sites excluding steroid dienone is 1. The Hall–Kier alpha value is -0.340. The van der Waals surface area contributed by atoms with Gasteiger partial charge in [-0.25, -0.2) is 0 Å². The molecule has 1 rings (SSSR count). The van der Waals surface area contributed by atoms with Crippen molar-refractivity contribution in [1.29, 1.82) is 0 Å². The SMILES string of the molecule is C=CCCC(C)NC1CCCOC1. The molecule has 2 unspecified atom stereocenters. The van der Waals surface area contributed by atoms with Gasteiger partial charge in [-0.3, -0.25) is 0 Å². The second-order valence-corrected chi connectivity index (χ2v) is 3.85. The maximum Gasteiger partial charge on any atom is 0.0619 e. The van der Waals surface area contributed by atoms with Gasteiger partial charge in [-0.05, 0) is 32.6 Å². The molecule has 1 fully saturated rings. The average molecular weight is 183 g/mol. The quantitative estimate of drug-likeness (QED) is 0.659. The third-order valence-corrected chi connectivity index (χ3v) is 2.48. The molecular formula is C11H21NO. The Kier molecular flexibility index (Phi) is 5.09. The zero-order valence-corrected chi connectivity index (χ0v) is 8.59. The van der Waals surface area contributed by atoms with Gasteiger partial charge in [-0.2, -0.15) is 0 Å². The van der Waals surface area contributed by atoms with Crippen LogP contribution in [0.3, 0.4) is 0 Å². The summed E-state index contributed by atoms with van der Waals surface area (Å²) in [6.45, 7) is 7.79. The summed E-state index contributed by atoms with van der Waals surface area (Å²) >= 11 is 0. The molecule has 76 valence electrons. The highest BCUT2D eigenvalue weighted by molar-refractivity contribution is 4.76. The minimum absolute atomic E-state index is 0.577. The monoisotopic (exact) mass is 183 g/mol. The number of hydrogen-bond acceptors (Lipinski definition) is 2. The van der Waals surface area contributed by atoms with Gasteiger partial charge in [0.25, 0.3) is 0 Å². The molecule has 1 aliphatic rings. The number of nitrogens with one attached hydrogen (secondary N) is 1. The van der Waals surface area contributed by atoms with Crippen LogP contribution in [0.25, 0.3) is 0 Å². The molecule has 0 aromatic carbocycles. The summed E-state index contributed by atoms with van der Waals surface area (Å²) in [5, 5.41) is 3.58. The number of rotatable bonds is 5. The average Bonchev–Trinajstić information content (AvgIpc) is 2.16. The third kappa shape index (κ3) is 4.44. The molecule has 0 radical (unpaired) electrons. The maximum atomic E-state index is 5.40. The summed E-state index contributed by atoms with van der Waals surface area (Å²) in [6.07, 6.45) is 6.72. The molecule has 13 heavy (non-hydrogen) atoms. The van der Waals surface area contributed by atoms with Crippen molar-refractivity contribution in [2.45, 2.75) is 44.7 Å². The van der Waals surface area contributed by atoms with Crippen LogP contribution >= 0.6 is 0 Å². The van der Waals surface area contributed by atoms with Crippen molar-refractivity contribution >= 4 is 0 Å². The summed E-state index contributed by atoms with van der Waals surface area (Å²) in [4.78, 5) is 0. The van der Waals surface area contributed by atoms with Crippen LogP contribution in [0.2, 0.25) is 0 Å². The van der Waals surface area contributed by atoms with E-state index >= 15 is 0 Å². The molecule has 0 spiro atoms. The maximum absolute atomic E-state index is 5.40. The molecule has 2 nitrogen and oxygen atoms in total. The van der Waals surface area contributed by atoms with Crippen LogP contribution < -0.4 is 5.32 Å². The summed E-state index contributed by atoms with van der Waals surface area (Å²) in [5.74, 6) is 0. The zero-order valence-electron chi connectivity index (χ0n) is 8.59. The van der Waals surface area contributed by atoms with Crippen LogP contribution in [0.4, 0.5) is 0 Å². The molecule has 1 aliphatic heterocycles. The van der Waals surface area contributed by atoms with E-state index in [1.807, 2.05) is 6.08 Å². The fraction of sp³-hybridized carbons (Fsp3) is 0.818. The Morgan fingerprint density at radius 1 is 1.69 bits per heavy atom. The smallest absolute Gasteiger partial charge is 0.0619 e. The number of hydrogen-bond donors (Lipinski definition) is 1. The predicted octanol–water partition coefficient (Wildman–Crippen LogP) is 2.11. The van der Waals surface area contributed by atoms with Crippen molar-refractivity contribution in [1.82, 2.24) is 5.32 Å². The highest BCUT2D eigenvalue weighted by atomic mass is 16.5. The van der Waals surface area contributed by atoms with Gasteiger partial charge in [0.2, 0.25) is 0 Å². The van der Waals surface area contributed by atoms with E-state index in [9.17, 15) is 0 Å². The molecule has 0 amide bonds. The lowest BCUT2D eigenvalue weighted by atomic mass is 10.1. The molecule has 2 atom stereocenters. The van der Waals surface area contributed by atoms with Crippen LogP contribution in [0.5, 0.6) is 0 Å². The van der Waals surface area contributed by atoms with Gasteiger partial charge in [0.1, 0.15) is 0 Å². The van der Waals surface area contributed by atoms with Crippen LogP contribution in [0.1, 0.15) is 32.6 Å². The van der Waals surface area contributed by atoms with E-state index in [0.717, 1.165) is 19.6 Å². The lowest BCUT2D eigenvalue weighted by Crippen LogP contribution is -2.41. The van der Waals surface area contributed by atoms with Crippen LogP contribution in [-0.4, -0.2) is 25.3 Å². The molecule has 0 aromatic rings. The summed E-state index contributed by atoms with van der Waals surface area (Å²) in [7, 11) is 0. The Morgan fingerprint density at radius 2 is 2.54 bits per heavy atom. The van der Waals surface area contributed by atoms with Crippen LogP contribution in [0.15, 0.2) is 12.7 Å². The van der Waals surface area contributed by atoms with Gasteiger partial charge in [-0.1, -0.05) is 6.08 Å². The van der Waals surface area contributed by atoms with Crippen molar-refractivity contribution in [2.24, 2.45) is 0 Å². The lowest BCUT2D eigenvalue weighted by molar-refractivity contribution is 0.0668. The first-order valence-corrected chi connectivity index (χ1v) is 5.27. The minimum atomic E-state index is 0.577. The predicted molar refractivity (Wildman–Crippen MR) is 55.9 cm³/mol. The van der Waals surface area contributed by atoms with E-state index in [2.05, 4.69) is 18.8 Å². The summed E-state index contributed by atoms with van der Waals surface area (Å²) in [6, 6.07) is 1.17. The Labute approximate surface area is 81.4 Å². The highest BCUT2D eigenvalue weighted by Crippen LogP contribution is 2.08. The normalized spacial score (nSPS) is 25.5. The lowest BCUT2D eigenvalue weighted by Gasteiger charge is -2.26. The summed E-state index contributed by atoms with van der Waals surface area (Å²) in [5.41, 5.74) is 0. The fourth-order valence-corrected chi connectivity index (χ4v) is 1.73. The largest absolute Gasteiger partial charge is 0.380 e. The van der Waals surface area contributed by atoms with E-state index in [0.29, 0.717) is 12.1 Å². The van der Waals surface area contributed by atoms with Gasteiger partial charge in [0.05, 0.1) is 6.61 Å². The molecule has 0 aliphatic carbocycles. The van der Waals surface area contributed by atoms with Crippen molar-refractivity contribution in [3.63, 3.8) is 0 Å². The molecule has 0 bridgehead atoms. The van der Waals surface area contributed by atoms with Crippen molar-refractivity contribution in [3.05, 3.63) is 12.7 Å². The Balaban J connectivity index is 2.10. The van der Waals surface area contributed by atoms with Gasteiger partial charge in [0, 0.05) is 18.7 Å². The molecule has 1 heterocycles. The first-order valence-electron chi connectivity index (χ1n) is 5.27. The van der Waals surface area contributed by atoms with Gasteiger partial charge < -0.3 is 10.1 Å². The van der Waals surface area contributed by atoms with Crippen LogP contribution in [0, 0.1) is 0 Å². The zero-order chi connectivity index (χ0) is 9.52. The Morgan fingerprint density at radius 3 is 3.15 bits per heavy atom. The van der Waals surface area contributed by atoms with Crippen LogP contribution in [-0.2, 0) is 4.74 Å². The van der Waals surface area contributed by atoms with E-state index in [4.69, 9.17) is 4.74 Å². The van der Waals surface area contributed by atoms with Crippen molar-refractivity contribution in [3.8, 4) is 0 Å². The molecule has 1 N–H and O–H groups in total. The van der Waals surface area contributed by atoms with E-state index in [1.165, 1.54) is 19.3 Å². The van der Waals surface area contributed by atoms with Gasteiger partial charge in [0.15, 0.2) is 0 Å². The molecule has 2 heteroatoms. The molecular weight excluding hydrogens is 162 g/mol. The van der Waals surface area contributed by atoms with Crippen molar-refractivity contribution in [2.75, 3.05) is 13.2 Å². The third-order valence-electron chi connectivity index (χ3n) is 2.48.